The first kappa shape index (κ1) is 20.5. The van der Waals surface area contributed by atoms with E-state index in [2.05, 4.69) is 30.5 Å². The highest BCUT2D eigenvalue weighted by Gasteiger charge is 2.27. The van der Waals surface area contributed by atoms with Crippen LogP contribution in [0.3, 0.4) is 0 Å². The molecular weight excluding hydrogens is 374 g/mol. The first-order chi connectivity index (χ1) is 13.2. The first-order valence-corrected chi connectivity index (χ1v) is 11.0. The quantitative estimate of drug-likeness (QED) is 0.854. The second-order valence-corrected chi connectivity index (χ2v) is 9.91. The Balaban J connectivity index is 1.60. The lowest BCUT2D eigenvalue weighted by molar-refractivity contribution is 0.0711. The van der Waals surface area contributed by atoms with E-state index in [1.54, 1.807) is 41.6 Å². The fourth-order valence-corrected chi connectivity index (χ4v) is 4.60. The number of carbonyl (C=O) groups excluding carboxylic acids is 1. The number of piperidine rings is 1. The molecule has 0 spiro atoms. The zero-order chi connectivity index (χ0) is 20.4. The van der Waals surface area contributed by atoms with Crippen LogP contribution >= 0.6 is 0 Å². The van der Waals surface area contributed by atoms with Gasteiger partial charge in [0.05, 0.1) is 4.90 Å². The van der Waals surface area contributed by atoms with Gasteiger partial charge in [0, 0.05) is 37.1 Å². The highest BCUT2D eigenvalue weighted by Crippen LogP contribution is 2.24. The number of likely N-dealkylation sites (tertiary alicyclic amines) is 1. The van der Waals surface area contributed by atoms with Gasteiger partial charge in [0.25, 0.3) is 5.91 Å². The molecule has 3 rings (SSSR count). The van der Waals surface area contributed by atoms with Crippen molar-refractivity contribution in [1.29, 1.82) is 0 Å². The van der Waals surface area contributed by atoms with Crippen LogP contribution in [0.5, 0.6) is 0 Å². The van der Waals surface area contributed by atoms with Crippen molar-refractivity contribution >= 4 is 15.9 Å². The second-order valence-electron chi connectivity index (χ2n) is 8.20. The Hall–Kier alpha value is -2.25. The van der Waals surface area contributed by atoms with E-state index in [-0.39, 0.29) is 22.3 Å². The van der Waals surface area contributed by atoms with E-state index in [1.807, 2.05) is 12.1 Å². The Bertz CT molecular complexity index is 912. The summed E-state index contributed by atoms with van der Waals surface area (Å²) in [6.07, 6.45) is 4.38. The van der Waals surface area contributed by atoms with Crippen molar-refractivity contribution in [3.63, 3.8) is 0 Å². The minimum absolute atomic E-state index is 0.0239. The molecule has 6 nitrogen and oxygen atoms in total. The third kappa shape index (κ3) is 4.77. The number of carbonyl (C=O) groups is 1. The molecule has 150 valence electrons. The van der Waals surface area contributed by atoms with Gasteiger partial charge < -0.3 is 4.90 Å². The normalized spacial score (nSPS) is 16.2. The van der Waals surface area contributed by atoms with Crippen LogP contribution in [-0.2, 0) is 15.4 Å². The monoisotopic (exact) mass is 401 g/mol. The summed E-state index contributed by atoms with van der Waals surface area (Å²) in [5.74, 6) is -0.0403. The molecule has 28 heavy (non-hydrogen) atoms. The largest absolute Gasteiger partial charge is 0.339 e. The summed E-state index contributed by atoms with van der Waals surface area (Å²) in [5, 5.41) is 0. The Labute approximate surface area is 167 Å². The number of benzene rings is 1. The van der Waals surface area contributed by atoms with Crippen LogP contribution in [0, 0.1) is 0 Å². The smallest absolute Gasteiger partial charge is 0.253 e. The van der Waals surface area contributed by atoms with E-state index in [0.717, 1.165) is 5.56 Å². The number of nitrogens with one attached hydrogen (secondary N) is 1. The van der Waals surface area contributed by atoms with Crippen molar-refractivity contribution in [2.45, 2.75) is 50.0 Å². The number of nitrogens with zero attached hydrogens (tertiary/aromatic N) is 2. The van der Waals surface area contributed by atoms with Crippen molar-refractivity contribution in [2.75, 3.05) is 13.1 Å². The molecule has 1 N–H and O–H groups in total. The van der Waals surface area contributed by atoms with Crippen LogP contribution in [0.25, 0.3) is 0 Å². The predicted molar refractivity (Wildman–Crippen MR) is 109 cm³/mol. The van der Waals surface area contributed by atoms with Crippen molar-refractivity contribution in [2.24, 2.45) is 0 Å². The lowest BCUT2D eigenvalue weighted by Crippen LogP contribution is -2.46. The average molecular weight is 402 g/mol. The molecule has 0 unspecified atom stereocenters. The molecule has 1 aromatic carbocycles. The van der Waals surface area contributed by atoms with Crippen LogP contribution in [0.2, 0.25) is 0 Å². The SMILES string of the molecule is CC(C)(C)c1ccc(S(=O)(=O)NC2CCN(C(=O)c3ccncc3)CC2)cc1. The number of sulfonamides is 1. The molecule has 2 aromatic rings. The molecule has 1 aromatic heterocycles. The maximum absolute atomic E-state index is 12.7. The molecule has 1 fully saturated rings. The Morgan fingerprint density at radius 2 is 1.61 bits per heavy atom. The fourth-order valence-electron chi connectivity index (χ4n) is 3.30. The summed E-state index contributed by atoms with van der Waals surface area (Å²) in [5.41, 5.74) is 1.67. The molecule has 7 heteroatoms. The standard InChI is InChI=1S/C21H27N3O3S/c1-21(2,3)17-4-6-19(7-5-17)28(26,27)23-18-10-14-24(15-11-18)20(25)16-8-12-22-13-9-16/h4-9,12-13,18,23H,10-11,14-15H2,1-3H3. The maximum Gasteiger partial charge on any atom is 0.253 e. The van der Waals surface area contributed by atoms with E-state index >= 15 is 0 Å². The Morgan fingerprint density at radius 3 is 2.14 bits per heavy atom. The summed E-state index contributed by atoms with van der Waals surface area (Å²) >= 11 is 0. The topological polar surface area (TPSA) is 79.4 Å². The molecule has 0 saturated carbocycles. The molecule has 1 saturated heterocycles. The number of aromatic nitrogens is 1. The molecule has 0 radical (unpaired) electrons. The average Bonchev–Trinajstić information content (AvgIpc) is 2.68. The van der Waals surface area contributed by atoms with E-state index < -0.39 is 10.0 Å². The number of pyridine rings is 1. The summed E-state index contributed by atoms with van der Waals surface area (Å²) in [6, 6.07) is 10.3. The molecule has 0 aliphatic carbocycles. The maximum atomic E-state index is 12.7. The van der Waals surface area contributed by atoms with Crippen LogP contribution in [0.1, 0.15) is 49.5 Å². The van der Waals surface area contributed by atoms with Gasteiger partial charge in [-0.1, -0.05) is 32.9 Å². The van der Waals surface area contributed by atoms with Gasteiger partial charge in [-0.3, -0.25) is 9.78 Å². The van der Waals surface area contributed by atoms with Gasteiger partial charge in [-0.25, -0.2) is 13.1 Å². The van der Waals surface area contributed by atoms with Gasteiger partial charge in [0.15, 0.2) is 0 Å². The lowest BCUT2D eigenvalue weighted by Gasteiger charge is -2.32. The zero-order valence-electron chi connectivity index (χ0n) is 16.6. The van der Waals surface area contributed by atoms with Crippen LogP contribution < -0.4 is 4.72 Å². The molecule has 1 aliphatic rings. The minimum Gasteiger partial charge on any atom is -0.339 e. The van der Waals surface area contributed by atoms with Gasteiger partial charge in [-0.15, -0.1) is 0 Å². The zero-order valence-corrected chi connectivity index (χ0v) is 17.4. The number of amides is 1. The van der Waals surface area contributed by atoms with E-state index in [4.69, 9.17) is 0 Å². The Morgan fingerprint density at radius 1 is 1.04 bits per heavy atom. The predicted octanol–water partition coefficient (Wildman–Crippen LogP) is 2.96. The lowest BCUT2D eigenvalue weighted by atomic mass is 9.87. The summed E-state index contributed by atoms with van der Waals surface area (Å²) in [4.78, 5) is 18.4. The summed E-state index contributed by atoms with van der Waals surface area (Å²) in [7, 11) is -3.57. The third-order valence-electron chi connectivity index (χ3n) is 5.06. The molecular formula is C21H27N3O3S. The molecule has 0 bridgehead atoms. The second kappa shape index (κ2) is 8.01. The van der Waals surface area contributed by atoms with E-state index in [1.165, 1.54) is 0 Å². The molecule has 2 heterocycles. The van der Waals surface area contributed by atoms with Crippen molar-refractivity contribution in [3.8, 4) is 0 Å². The molecule has 1 aliphatic heterocycles. The van der Waals surface area contributed by atoms with Gasteiger partial charge in [-0.2, -0.15) is 0 Å². The van der Waals surface area contributed by atoms with Crippen molar-refractivity contribution in [3.05, 3.63) is 59.9 Å². The summed E-state index contributed by atoms with van der Waals surface area (Å²) in [6.45, 7) is 7.33. The highest BCUT2D eigenvalue weighted by molar-refractivity contribution is 7.89. The van der Waals surface area contributed by atoms with Crippen LogP contribution in [0.4, 0.5) is 0 Å². The number of hydrogen-bond acceptors (Lipinski definition) is 4. The van der Waals surface area contributed by atoms with Crippen LogP contribution in [-0.4, -0.2) is 43.3 Å². The highest BCUT2D eigenvalue weighted by atomic mass is 32.2. The number of rotatable bonds is 4. The van der Waals surface area contributed by atoms with E-state index in [9.17, 15) is 13.2 Å². The molecule has 0 atom stereocenters. The van der Waals surface area contributed by atoms with Gasteiger partial charge in [-0.05, 0) is 48.1 Å². The number of hydrogen-bond donors (Lipinski definition) is 1. The van der Waals surface area contributed by atoms with Crippen LogP contribution in [0.15, 0.2) is 53.7 Å². The van der Waals surface area contributed by atoms with E-state index in [0.29, 0.717) is 31.5 Å². The van der Waals surface area contributed by atoms with Gasteiger partial charge in [0.2, 0.25) is 10.0 Å². The fraction of sp³-hybridized carbons (Fsp3) is 0.429. The molecule has 1 amide bonds. The van der Waals surface area contributed by atoms with Crippen molar-refractivity contribution < 1.29 is 13.2 Å². The third-order valence-corrected chi connectivity index (χ3v) is 6.60. The van der Waals surface area contributed by atoms with Gasteiger partial charge in [0.1, 0.15) is 0 Å². The minimum atomic E-state index is -3.57. The first-order valence-electron chi connectivity index (χ1n) is 9.49. The summed E-state index contributed by atoms with van der Waals surface area (Å²) < 4.78 is 28.2. The Kier molecular flexibility index (Phi) is 5.86. The van der Waals surface area contributed by atoms with Crippen molar-refractivity contribution in [1.82, 2.24) is 14.6 Å². The van der Waals surface area contributed by atoms with Gasteiger partial charge >= 0.3 is 0 Å².